The number of halogens is 3. The van der Waals surface area contributed by atoms with E-state index in [2.05, 4.69) is 20.7 Å². The molecule has 7 heteroatoms. The van der Waals surface area contributed by atoms with E-state index >= 15 is 0 Å². The molecule has 94 valence electrons. The highest BCUT2D eigenvalue weighted by Gasteiger charge is 2.29. The van der Waals surface area contributed by atoms with E-state index in [1.165, 1.54) is 0 Å². The Bertz CT molecular complexity index is 520. The van der Waals surface area contributed by atoms with E-state index < -0.39 is 26.6 Å². The van der Waals surface area contributed by atoms with E-state index in [0.717, 1.165) is 25.3 Å². The topological polar surface area (TPSA) is 46.2 Å². The van der Waals surface area contributed by atoms with Crippen molar-refractivity contribution in [1.82, 2.24) is 4.72 Å². The fraction of sp³-hybridized carbons (Fsp3) is 0.400. The zero-order valence-corrected chi connectivity index (χ0v) is 11.1. The van der Waals surface area contributed by atoms with Crippen molar-refractivity contribution in [2.24, 2.45) is 0 Å². The summed E-state index contributed by atoms with van der Waals surface area (Å²) in [4.78, 5) is -0.536. The van der Waals surface area contributed by atoms with Gasteiger partial charge in [-0.05, 0) is 34.8 Å². The van der Waals surface area contributed by atoms with Crippen LogP contribution in [0.25, 0.3) is 0 Å². The van der Waals surface area contributed by atoms with Gasteiger partial charge in [-0.15, -0.1) is 0 Å². The highest BCUT2D eigenvalue weighted by atomic mass is 79.9. The van der Waals surface area contributed by atoms with Crippen LogP contribution in [-0.4, -0.2) is 14.5 Å². The first-order chi connectivity index (χ1) is 7.90. The first kappa shape index (κ1) is 12.9. The van der Waals surface area contributed by atoms with Crippen LogP contribution in [0.4, 0.5) is 8.78 Å². The van der Waals surface area contributed by atoms with E-state index in [1.54, 1.807) is 0 Å². The summed E-state index contributed by atoms with van der Waals surface area (Å²) in [5, 5.41) is 0. The van der Waals surface area contributed by atoms with Gasteiger partial charge in [0.1, 0.15) is 16.5 Å². The number of benzene rings is 1. The first-order valence-electron chi connectivity index (χ1n) is 5.07. The molecule has 1 aliphatic rings. The molecule has 3 nitrogen and oxygen atoms in total. The maximum absolute atomic E-state index is 13.5. The number of rotatable bonds is 3. The quantitative estimate of drug-likeness (QED) is 0.928. The molecule has 1 aliphatic carbocycles. The van der Waals surface area contributed by atoms with Gasteiger partial charge in [-0.2, -0.15) is 0 Å². The van der Waals surface area contributed by atoms with Crippen molar-refractivity contribution in [3.63, 3.8) is 0 Å². The fourth-order valence-corrected chi connectivity index (χ4v) is 4.06. The Morgan fingerprint density at radius 1 is 1.29 bits per heavy atom. The second-order valence-electron chi connectivity index (χ2n) is 3.95. The molecule has 0 unspecified atom stereocenters. The lowest BCUT2D eigenvalue weighted by Crippen LogP contribution is -2.39. The van der Waals surface area contributed by atoms with E-state index in [0.29, 0.717) is 6.07 Å². The average Bonchev–Trinajstić information content (AvgIpc) is 2.09. The third-order valence-electron chi connectivity index (χ3n) is 2.66. The maximum Gasteiger partial charge on any atom is 0.244 e. The normalized spacial score (nSPS) is 16.9. The summed E-state index contributed by atoms with van der Waals surface area (Å²) >= 11 is 2.86. The van der Waals surface area contributed by atoms with Crippen LogP contribution >= 0.6 is 15.9 Å². The van der Waals surface area contributed by atoms with E-state index in [-0.39, 0.29) is 10.5 Å². The summed E-state index contributed by atoms with van der Waals surface area (Å²) in [5.41, 5.74) is 0. The molecule has 1 saturated carbocycles. The van der Waals surface area contributed by atoms with Crippen LogP contribution in [0.1, 0.15) is 19.3 Å². The van der Waals surface area contributed by atoms with Crippen LogP contribution in [-0.2, 0) is 10.0 Å². The van der Waals surface area contributed by atoms with Gasteiger partial charge >= 0.3 is 0 Å². The summed E-state index contributed by atoms with van der Waals surface area (Å²) in [7, 11) is -3.94. The lowest BCUT2D eigenvalue weighted by molar-refractivity contribution is 0.382. The smallest absolute Gasteiger partial charge is 0.208 e. The molecule has 0 heterocycles. The van der Waals surface area contributed by atoms with Gasteiger partial charge in [0.25, 0.3) is 0 Å². The lowest BCUT2D eigenvalue weighted by Gasteiger charge is -2.26. The van der Waals surface area contributed by atoms with Gasteiger partial charge in [-0.1, -0.05) is 6.42 Å². The predicted octanol–water partition coefficient (Wildman–Crippen LogP) is 2.56. The number of sulfonamides is 1. The molecule has 1 aromatic carbocycles. The molecular weight excluding hydrogens is 316 g/mol. The van der Waals surface area contributed by atoms with Crippen molar-refractivity contribution in [3.05, 3.63) is 28.2 Å². The Morgan fingerprint density at radius 2 is 1.94 bits per heavy atom. The molecule has 0 aromatic heterocycles. The molecule has 0 bridgehead atoms. The highest BCUT2D eigenvalue weighted by Crippen LogP contribution is 2.28. The molecule has 17 heavy (non-hydrogen) atoms. The Morgan fingerprint density at radius 3 is 2.41 bits per heavy atom. The van der Waals surface area contributed by atoms with Crippen LogP contribution in [0, 0.1) is 11.6 Å². The third-order valence-corrected chi connectivity index (χ3v) is 5.14. The largest absolute Gasteiger partial charge is 0.244 e. The molecule has 0 atom stereocenters. The second kappa shape index (κ2) is 4.62. The monoisotopic (exact) mass is 325 g/mol. The van der Waals surface area contributed by atoms with E-state index in [9.17, 15) is 17.2 Å². The average molecular weight is 326 g/mol. The fourth-order valence-electron chi connectivity index (χ4n) is 1.59. The first-order valence-corrected chi connectivity index (χ1v) is 7.34. The van der Waals surface area contributed by atoms with Crippen molar-refractivity contribution in [3.8, 4) is 0 Å². The van der Waals surface area contributed by atoms with Gasteiger partial charge in [0.15, 0.2) is 0 Å². The summed E-state index contributed by atoms with van der Waals surface area (Å²) < 4.78 is 52.4. The third kappa shape index (κ3) is 2.66. The number of hydrogen-bond acceptors (Lipinski definition) is 2. The molecule has 0 radical (unpaired) electrons. The van der Waals surface area contributed by atoms with Crippen LogP contribution in [0.15, 0.2) is 21.5 Å². The molecule has 1 aromatic rings. The molecule has 0 amide bonds. The Hall–Kier alpha value is -0.530. The number of hydrogen-bond donors (Lipinski definition) is 1. The van der Waals surface area contributed by atoms with Gasteiger partial charge in [0.05, 0.1) is 0 Å². The minimum atomic E-state index is -3.94. The van der Waals surface area contributed by atoms with Crippen molar-refractivity contribution < 1.29 is 17.2 Å². The molecule has 1 fully saturated rings. The van der Waals surface area contributed by atoms with Gasteiger partial charge in [0.2, 0.25) is 10.0 Å². The van der Waals surface area contributed by atoms with Crippen molar-refractivity contribution in [1.29, 1.82) is 0 Å². The number of nitrogens with one attached hydrogen (secondary N) is 1. The van der Waals surface area contributed by atoms with Gasteiger partial charge in [-0.25, -0.2) is 21.9 Å². The SMILES string of the molecule is O=S(=O)(NC1CCC1)c1c(F)cc(F)cc1Br. The van der Waals surface area contributed by atoms with E-state index in [4.69, 9.17) is 0 Å². The molecule has 0 aliphatic heterocycles. The van der Waals surface area contributed by atoms with Crippen LogP contribution in [0.3, 0.4) is 0 Å². The van der Waals surface area contributed by atoms with Crippen LogP contribution in [0.5, 0.6) is 0 Å². The van der Waals surface area contributed by atoms with Gasteiger partial charge in [0, 0.05) is 16.6 Å². The summed E-state index contributed by atoms with van der Waals surface area (Å²) in [6.45, 7) is 0. The maximum atomic E-state index is 13.5. The van der Waals surface area contributed by atoms with Crippen molar-refractivity contribution >= 4 is 26.0 Å². The summed E-state index contributed by atoms with van der Waals surface area (Å²) in [5.74, 6) is -1.92. The molecule has 0 saturated heterocycles. The lowest BCUT2D eigenvalue weighted by atomic mass is 9.94. The molecule has 0 spiro atoms. The zero-order chi connectivity index (χ0) is 12.6. The van der Waals surface area contributed by atoms with Gasteiger partial charge < -0.3 is 0 Å². The van der Waals surface area contributed by atoms with E-state index in [1.807, 2.05) is 0 Å². The molecular formula is C10H10BrF2NO2S. The van der Waals surface area contributed by atoms with Crippen LogP contribution in [0.2, 0.25) is 0 Å². The van der Waals surface area contributed by atoms with Crippen molar-refractivity contribution in [2.45, 2.75) is 30.2 Å². The van der Waals surface area contributed by atoms with Gasteiger partial charge in [-0.3, -0.25) is 0 Å². The van der Waals surface area contributed by atoms with Crippen LogP contribution < -0.4 is 4.72 Å². The zero-order valence-electron chi connectivity index (χ0n) is 8.71. The second-order valence-corrected chi connectivity index (χ2v) is 6.45. The standard InChI is InChI=1S/C10H10BrF2NO2S/c11-8-4-6(12)5-9(13)10(8)17(15,16)14-7-2-1-3-7/h4-5,7,14H,1-3H2. The minimum absolute atomic E-state index is 0.109. The summed E-state index contributed by atoms with van der Waals surface area (Å²) in [6, 6.07) is 1.34. The Balaban J connectivity index is 2.38. The summed E-state index contributed by atoms with van der Waals surface area (Å²) in [6.07, 6.45) is 2.46. The molecule has 1 N–H and O–H groups in total. The molecule has 2 rings (SSSR count). The Kier molecular flexibility index (Phi) is 3.51. The highest BCUT2D eigenvalue weighted by molar-refractivity contribution is 9.10. The van der Waals surface area contributed by atoms with Crippen molar-refractivity contribution in [2.75, 3.05) is 0 Å². The predicted molar refractivity (Wildman–Crippen MR) is 62.0 cm³/mol. The minimum Gasteiger partial charge on any atom is -0.208 e. The Labute approximate surface area is 106 Å².